The fraction of sp³-hybridized carbons (Fsp3) is 0.500. The van der Waals surface area contributed by atoms with Gasteiger partial charge in [-0.25, -0.2) is 0 Å². The van der Waals surface area contributed by atoms with Gasteiger partial charge in [0.2, 0.25) is 0 Å². The molecule has 0 amide bonds. The molecule has 0 aliphatic rings. The van der Waals surface area contributed by atoms with Crippen molar-refractivity contribution >= 4 is 21.4 Å². The first-order chi connectivity index (χ1) is 8.49. The van der Waals surface area contributed by atoms with E-state index in [1.54, 1.807) is 0 Å². The van der Waals surface area contributed by atoms with Gasteiger partial charge >= 0.3 is 0 Å². The van der Waals surface area contributed by atoms with Crippen LogP contribution >= 0.6 is 11.3 Å². The second-order valence-electron chi connectivity index (χ2n) is 5.63. The van der Waals surface area contributed by atoms with E-state index in [9.17, 15) is 0 Å². The molecule has 0 fully saturated rings. The molecule has 18 heavy (non-hydrogen) atoms. The molecule has 0 unspecified atom stereocenters. The third-order valence-corrected chi connectivity index (χ3v) is 4.39. The van der Waals surface area contributed by atoms with Gasteiger partial charge in [-0.1, -0.05) is 45.4 Å². The second-order valence-corrected chi connectivity index (χ2v) is 6.77. The molecule has 0 aliphatic heterocycles. The molecule has 1 aromatic carbocycles. The Hall–Kier alpha value is -0.860. The monoisotopic (exact) mass is 261 g/mol. The van der Waals surface area contributed by atoms with Crippen molar-refractivity contribution in [3.63, 3.8) is 0 Å². The van der Waals surface area contributed by atoms with Crippen LogP contribution in [0, 0.1) is 6.92 Å². The number of benzene rings is 1. The van der Waals surface area contributed by atoms with Crippen LogP contribution in [-0.4, -0.2) is 6.04 Å². The zero-order chi connectivity index (χ0) is 13.3. The zero-order valence-electron chi connectivity index (χ0n) is 12.0. The van der Waals surface area contributed by atoms with Crippen LogP contribution in [0.4, 0.5) is 0 Å². The number of thiophene rings is 1. The van der Waals surface area contributed by atoms with Crippen molar-refractivity contribution in [2.45, 2.75) is 53.1 Å². The summed E-state index contributed by atoms with van der Waals surface area (Å²) in [5.74, 6) is 0.588. The predicted octanol–water partition coefficient (Wildman–Crippen LogP) is 4.83. The van der Waals surface area contributed by atoms with E-state index in [1.165, 1.54) is 26.1 Å². The molecule has 0 atom stereocenters. The Balaban J connectivity index is 2.48. The summed E-state index contributed by atoms with van der Waals surface area (Å²) in [5.41, 5.74) is 2.89. The van der Waals surface area contributed by atoms with Crippen LogP contribution in [0.1, 0.15) is 49.6 Å². The van der Waals surface area contributed by atoms with E-state index >= 15 is 0 Å². The highest BCUT2D eigenvalue weighted by molar-refractivity contribution is 7.19. The largest absolute Gasteiger partial charge is 0.310 e. The number of fused-ring (bicyclic) bond motifs is 1. The number of hydrogen-bond acceptors (Lipinski definition) is 2. The molecule has 0 spiro atoms. The average molecular weight is 261 g/mol. The van der Waals surface area contributed by atoms with Gasteiger partial charge in [0.1, 0.15) is 0 Å². The van der Waals surface area contributed by atoms with Crippen LogP contribution in [0.5, 0.6) is 0 Å². The topological polar surface area (TPSA) is 12.0 Å². The van der Waals surface area contributed by atoms with Gasteiger partial charge in [0.05, 0.1) is 0 Å². The smallest absolute Gasteiger partial charge is 0.0349 e. The number of aryl methyl sites for hydroxylation is 1. The van der Waals surface area contributed by atoms with E-state index < -0.39 is 0 Å². The Kier molecular flexibility index (Phi) is 4.08. The van der Waals surface area contributed by atoms with Crippen molar-refractivity contribution in [3.8, 4) is 0 Å². The van der Waals surface area contributed by atoms with Crippen LogP contribution in [0.3, 0.4) is 0 Å². The SMILES string of the molecule is Cc1ccc2sc(CNC(C)C)c(C(C)C)c2c1. The average Bonchev–Trinajstić information content (AvgIpc) is 2.63. The molecule has 1 heterocycles. The second kappa shape index (κ2) is 5.41. The highest BCUT2D eigenvalue weighted by atomic mass is 32.1. The van der Waals surface area contributed by atoms with Crippen molar-refractivity contribution in [1.29, 1.82) is 0 Å². The molecule has 98 valence electrons. The minimum absolute atomic E-state index is 0.539. The van der Waals surface area contributed by atoms with Crippen molar-refractivity contribution in [2.24, 2.45) is 0 Å². The summed E-state index contributed by atoms with van der Waals surface area (Å²) in [7, 11) is 0. The lowest BCUT2D eigenvalue weighted by Crippen LogP contribution is -2.21. The fourth-order valence-electron chi connectivity index (χ4n) is 2.34. The van der Waals surface area contributed by atoms with Gasteiger partial charge in [0.15, 0.2) is 0 Å². The molecule has 0 saturated heterocycles. The number of rotatable bonds is 4. The van der Waals surface area contributed by atoms with Gasteiger partial charge in [0.25, 0.3) is 0 Å². The summed E-state index contributed by atoms with van der Waals surface area (Å²) in [4.78, 5) is 1.50. The third-order valence-electron chi connectivity index (χ3n) is 3.21. The van der Waals surface area contributed by atoms with Crippen LogP contribution in [-0.2, 0) is 6.54 Å². The van der Waals surface area contributed by atoms with Crippen molar-refractivity contribution < 1.29 is 0 Å². The summed E-state index contributed by atoms with van der Waals surface area (Å²) >= 11 is 1.94. The minimum Gasteiger partial charge on any atom is -0.310 e. The first-order valence-electron chi connectivity index (χ1n) is 6.74. The highest BCUT2D eigenvalue weighted by Gasteiger charge is 2.15. The minimum atomic E-state index is 0.539. The maximum absolute atomic E-state index is 3.54. The summed E-state index contributed by atoms with van der Waals surface area (Å²) in [5, 5.41) is 5.00. The standard InChI is InChI=1S/C16H23NS/c1-10(2)16-13-8-12(5)6-7-14(13)18-15(16)9-17-11(3)4/h6-8,10-11,17H,9H2,1-5H3. The summed E-state index contributed by atoms with van der Waals surface area (Å²) < 4.78 is 1.42. The van der Waals surface area contributed by atoms with Crippen LogP contribution in [0.15, 0.2) is 18.2 Å². The Morgan fingerprint density at radius 1 is 1.17 bits per heavy atom. The van der Waals surface area contributed by atoms with Crippen molar-refractivity contribution in [1.82, 2.24) is 5.32 Å². The normalized spacial score (nSPS) is 11.9. The quantitative estimate of drug-likeness (QED) is 0.831. The lowest BCUT2D eigenvalue weighted by molar-refractivity contribution is 0.590. The molecule has 2 aromatic rings. The predicted molar refractivity (Wildman–Crippen MR) is 82.6 cm³/mol. The zero-order valence-corrected chi connectivity index (χ0v) is 12.8. The third kappa shape index (κ3) is 2.76. The summed E-state index contributed by atoms with van der Waals surface area (Å²) in [6.45, 7) is 12.2. The molecule has 0 saturated carbocycles. The molecule has 2 heteroatoms. The Morgan fingerprint density at radius 3 is 2.50 bits per heavy atom. The Labute approximate surface area is 114 Å². The van der Waals surface area contributed by atoms with Gasteiger partial charge in [0, 0.05) is 22.2 Å². The molecule has 1 aromatic heterocycles. The maximum atomic E-state index is 3.54. The number of hydrogen-bond donors (Lipinski definition) is 1. The molecule has 2 rings (SSSR count). The van der Waals surface area contributed by atoms with Gasteiger partial charge < -0.3 is 5.32 Å². The van der Waals surface area contributed by atoms with Gasteiger partial charge in [-0.3, -0.25) is 0 Å². The lowest BCUT2D eigenvalue weighted by atomic mass is 9.98. The molecule has 0 radical (unpaired) electrons. The van der Waals surface area contributed by atoms with E-state index in [2.05, 4.69) is 58.1 Å². The molecule has 0 aliphatic carbocycles. The number of nitrogens with one attached hydrogen (secondary N) is 1. The fourth-order valence-corrected chi connectivity index (χ4v) is 3.63. The molecule has 1 N–H and O–H groups in total. The summed E-state index contributed by atoms with van der Waals surface area (Å²) in [6.07, 6.45) is 0. The van der Waals surface area contributed by atoms with E-state index in [1.807, 2.05) is 11.3 Å². The molecular formula is C16H23NS. The van der Waals surface area contributed by atoms with Crippen molar-refractivity contribution in [3.05, 3.63) is 34.2 Å². The van der Waals surface area contributed by atoms with Crippen LogP contribution in [0.2, 0.25) is 0 Å². The van der Waals surface area contributed by atoms with E-state index in [-0.39, 0.29) is 0 Å². The van der Waals surface area contributed by atoms with E-state index in [4.69, 9.17) is 0 Å². The molecular weight excluding hydrogens is 238 g/mol. The molecule has 1 nitrogen and oxygen atoms in total. The van der Waals surface area contributed by atoms with Gasteiger partial charge in [-0.05, 0) is 29.9 Å². The Bertz CT molecular complexity index is 537. The molecule has 0 bridgehead atoms. The Morgan fingerprint density at radius 2 is 1.89 bits per heavy atom. The van der Waals surface area contributed by atoms with Crippen LogP contribution in [0.25, 0.3) is 10.1 Å². The first-order valence-corrected chi connectivity index (χ1v) is 7.56. The van der Waals surface area contributed by atoms with Gasteiger partial charge in [-0.2, -0.15) is 0 Å². The summed E-state index contributed by atoms with van der Waals surface area (Å²) in [6, 6.07) is 7.35. The first kappa shape index (κ1) is 13.6. The van der Waals surface area contributed by atoms with Crippen LogP contribution < -0.4 is 5.32 Å². The highest BCUT2D eigenvalue weighted by Crippen LogP contribution is 2.36. The maximum Gasteiger partial charge on any atom is 0.0349 e. The lowest BCUT2D eigenvalue weighted by Gasteiger charge is -2.11. The van der Waals surface area contributed by atoms with Gasteiger partial charge in [-0.15, -0.1) is 11.3 Å². The van der Waals surface area contributed by atoms with E-state index in [0.717, 1.165) is 6.54 Å². The van der Waals surface area contributed by atoms with E-state index in [0.29, 0.717) is 12.0 Å². The van der Waals surface area contributed by atoms with Crippen molar-refractivity contribution in [2.75, 3.05) is 0 Å².